The Balaban J connectivity index is 6.18. The van der Waals surface area contributed by atoms with Gasteiger partial charge >= 0.3 is 17.9 Å². The summed E-state index contributed by atoms with van der Waals surface area (Å²) in [6.07, 6.45) is -4.24. The van der Waals surface area contributed by atoms with Gasteiger partial charge in [0, 0.05) is 0 Å². The van der Waals surface area contributed by atoms with E-state index < -0.39 is 170 Å². The first-order chi connectivity index (χ1) is 29.6. The zero-order chi connectivity index (χ0) is 49.6. The molecule has 29 heteroatoms. The van der Waals surface area contributed by atoms with Crippen LogP contribution < -0.4 is 59.7 Å². The molecule has 0 aliphatic rings. The molecule has 0 fully saturated rings. The van der Waals surface area contributed by atoms with E-state index in [2.05, 4.69) is 26.6 Å². The van der Waals surface area contributed by atoms with E-state index in [0.29, 0.717) is 0 Å². The summed E-state index contributed by atoms with van der Waals surface area (Å²) in [5.41, 5.74) is 15.8. The van der Waals surface area contributed by atoms with Gasteiger partial charge in [0.2, 0.25) is 59.1 Å². The maximum Gasteiger partial charge on any atom is 0.326 e. The van der Waals surface area contributed by atoms with E-state index in [9.17, 15) is 82.8 Å². The number of carboxylic acid groups (broad SMARTS) is 3. The van der Waals surface area contributed by atoms with Crippen LogP contribution in [-0.2, 0) is 62.3 Å². The average molecular weight is 936 g/mol. The molecule has 0 saturated carbocycles. The first-order valence-corrected chi connectivity index (χ1v) is 20.6. The minimum atomic E-state index is -2.12. The largest absolute Gasteiger partial charge is 0.481 e. The molecule has 0 radical (unpaired) electrons. The van der Waals surface area contributed by atoms with Crippen molar-refractivity contribution in [2.75, 3.05) is 18.6 Å². The van der Waals surface area contributed by atoms with Crippen LogP contribution >= 0.6 is 11.8 Å². The fourth-order valence-corrected chi connectivity index (χ4v) is 5.64. The first-order valence-electron chi connectivity index (χ1n) is 19.2. The van der Waals surface area contributed by atoms with Crippen molar-refractivity contribution in [3.8, 4) is 0 Å². The topological polar surface area (TPSA) is 477 Å². The fourth-order valence-electron chi connectivity index (χ4n) is 5.16. The summed E-state index contributed by atoms with van der Waals surface area (Å²) in [5, 5.41) is 55.5. The predicted octanol–water partition coefficient (Wildman–Crippen LogP) is -7.58. The number of nitrogens with two attached hydrogens (primary N) is 3. The van der Waals surface area contributed by atoms with E-state index in [1.807, 2.05) is 16.0 Å². The molecule has 0 aromatic carbocycles. The lowest BCUT2D eigenvalue weighted by Crippen LogP contribution is -2.61. The number of thioether (sulfide) groups is 1. The minimum absolute atomic E-state index is 0.0449. The standard InChI is InChI=1S/C35H57N11O17S/c1-13(2)26(45-28(55)14(3)36)34(61)43-18(10-24(51)52)31(58)41-17(8-21(37)48)30(57)42-19(11-25(53)54)32(59)46-27(15(4)47)33(60)39-12-23(50)40-16(6-7-64-5)29(56)44-20(35(62)63)9-22(38)49/h13-20,26-27,47H,6-12,36H2,1-5H3,(H2,37,48)(H2,38,49)(H,39,60)(H,40,50)(H,41,58)(H,42,57)(H,43,61)(H,44,56)(H,45,55)(H,46,59)(H,51,52)(H,53,54)(H,62,63)/t14-,15+,16-,17-,18-,19-,20-,26-,27-/m0/s1. The molecular weight excluding hydrogens is 879 g/mol. The number of carbonyl (C=O) groups excluding carboxylic acids is 10. The van der Waals surface area contributed by atoms with E-state index in [1.165, 1.54) is 32.5 Å². The van der Waals surface area contributed by atoms with Crippen molar-refractivity contribution in [2.45, 2.75) is 114 Å². The molecule has 0 rings (SSSR count). The van der Waals surface area contributed by atoms with Gasteiger partial charge in [-0.2, -0.15) is 11.8 Å². The number of primary amides is 2. The lowest BCUT2D eigenvalue weighted by molar-refractivity contribution is -0.144. The normalized spacial score (nSPS) is 15.1. The van der Waals surface area contributed by atoms with Crippen LogP contribution in [0.1, 0.15) is 59.8 Å². The van der Waals surface area contributed by atoms with E-state index >= 15 is 0 Å². The summed E-state index contributed by atoms with van der Waals surface area (Å²) in [6, 6.07) is -13.6. The molecule has 0 unspecified atom stereocenters. The number of carboxylic acids is 3. The zero-order valence-electron chi connectivity index (χ0n) is 35.5. The van der Waals surface area contributed by atoms with Crippen LogP contribution in [0.3, 0.4) is 0 Å². The summed E-state index contributed by atoms with van der Waals surface area (Å²) < 4.78 is 0. The van der Waals surface area contributed by atoms with E-state index in [-0.39, 0.29) is 12.2 Å². The van der Waals surface area contributed by atoms with Gasteiger partial charge in [0.1, 0.15) is 42.3 Å². The third-order valence-electron chi connectivity index (χ3n) is 8.49. The monoisotopic (exact) mass is 935 g/mol. The van der Waals surface area contributed by atoms with Gasteiger partial charge in [-0.3, -0.25) is 57.5 Å². The number of rotatable bonds is 30. The molecule has 18 N–H and O–H groups in total. The van der Waals surface area contributed by atoms with Gasteiger partial charge in [0.15, 0.2) is 0 Å². The van der Waals surface area contributed by atoms with E-state index in [0.717, 1.165) is 6.92 Å². The van der Waals surface area contributed by atoms with Gasteiger partial charge in [-0.15, -0.1) is 0 Å². The fraction of sp³-hybridized carbons (Fsp3) is 0.629. The highest BCUT2D eigenvalue weighted by Gasteiger charge is 2.36. The number of hydrogen-bond donors (Lipinski definition) is 15. The molecule has 0 heterocycles. The Morgan fingerprint density at radius 2 is 0.922 bits per heavy atom. The third-order valence-corrected chi connectivity index (χ3v) is 9.13. The predicted molar refractivity (Wildman–Crippen MR) is 219 cm³/mol. The molecule has 0 bridgehead atoms. The number of hydrogen-bond acceptors (Lipinski definition) is 16. The van der Waals surface area contributed by atoms with Crippen LogP contribution in [0, 0.1) is 5.92 Å². The number of aliphatic hydroxyl groups excluding tert-OH is 1. The first kappa shape index (κ1) is 57.4. The summed E-state index contributed by atoms with van der Waals surface area (Å²) >= 11 is 1.26. The quantitative estimate of drug-likeness (QED) is 0.0318. The van der Waals surface area contributed by atoms with Crippen molar-refractivity contribution in [1.82, 2.24) is 42.5 Å². The van der Waals surface area contributed by atoms with Gasteiger partial charge in [-0.1, -0.05) is 13.8 Å². The molecule has 0 aliphatic carbocycles. The molecule has 0 aromatic rings. The summed E-state index contributed by atoms with van der Waals surface area (Å²) in [5.74, 6) is -16.9. The second kappa shape index (κ2) is 28.1. The number of aliphatic hydroxyl groups is 1. The molecule has 0 aromatic heterocycles. The molecule has 10 amide bonds. The van der Waals surface area contributed by atoms with Crippen molar-refractivity contribution in [2.24, 2.45) is 23.1 Å². The average Bonchev–Trinajstić information content (AvgIpc) is 3.16. The molecule has 28 nitrogen and oxygen atoms in total. The smallest absolute Gasteiger partial charge is 0.326 e. The summed E-state index contributed by atoms with van der Waals surface area (Å²) in [6.45, 7) is 4.44. The van der Waals surface area contributed by atoms with Gasteiger partial charge in [-0.25, -0.2) is 4.79 Å². The van der Waals surface area contributed by atoms with Crippen molar-refractivity contribution in [3.05, 3.63) is 0 Å². The second-order valence-corrected chi connectivity index (χ2v) is 15.5. The van der Waals surface area contributed by atoms with Crippen molar-refractivity contribution < 1.29 is 82.8 Å². The van der Waals surface area contributed by atoms with Crippen LogP contribution in [-0.4, -0.2) is 170 Å². The Hall–Kier alpha value is -6.62. The second-order valence-electron chi connectivity index (χ2n) is 14.5. The van der Waals surface area contributed by atoms with Crippen molar-refractivity contribution in [1.29, 1.82) is 0 Å². The van der Waals surface area contributed by atoms with Crippen LogP contribution in [0.25, 0.3) is 0 Å². The Morgan fingerprint density at radius 1 is 0.516 bits per heavy atom. The minimum Gasteiger partial charge on any atom is -0.481 e. The number of amides is 10. The SMILES string of the molecule is CSCC[C@H](NC(=O)CNC(=O)[C@@H](NC(=O)[C@H](CC(=O)O)NC(=O)[C@H](CC(N)=O)NC(=O)[C@H](CC(=O)O)NC(=O)[C@@H](NC(=O)[C@H](C)N)C(C)C)[C@@H](C)O)C(=O)N[C@@H](CC(N)=O)C(=O)O. The van der Waals surface area contributed by atoms with Crippen molar-refractivity contribution >= 4 is 88.7 Å². The number of aliphatic carboxylic acids is 3. The Bertz CT molecular complexity index is 1760. The lowest BCUT2D eigenvalue weighted by atomic mass is 10.0. The maximum atomic E-state index is 13.4. The Morgan fingerprint density at radius 3 is 1.33 bits per heavy atom. The van der Waals surface area contributed by atoms with E-state index in [1.54, 1.807) is 6.26 Å². The molecule has 64 heavy (non-hydrogen) atoms. The van der Waals surface area contributed by atoms with Crippen LogP contribution in [0.2, 0.25) is 0 Å². The van der Waals surface area contributed by atoms with Gasteiger partial charge < -0.3 is 80.2 Å². The maximum absolute atomic E-state index is 13.4. The molecule has 0 aliphatic heterocycles. The third kappa shape index (κ3) is 21.9. The van der Waals surface area contributed by atoms with Crippen LogP contribution in [0.5, 0.6) is 0 Å². The van der Waals surface area contributed by atoms with Crippen molar-refractivity contribution in [3.63, 3.8) is 0 Å². The summed E-state index contributed by atoms with van der Waals surface area (Å²) in [4.78, 5) is 162. The van der Waals surface area contributed by atoms with Crippen LogP contribution in [0.4, 0.5) is 0 Å². The Labute approximate surface area is 369 Å². The highest BCUT2D eigenvalue weighted by molar-refractivity contribution is 7.98. The molecule has 9 atom stereocenters. The highest BCUT2D eigenvalue weighted by Crippen LogP contribution is 2.07. The molecule has 360 valence electrons. The highest BCUT2D eigenvalue weighted by atomic mass is 32.2. The number of nitrogens with one attached hydrogen (secondary N) is 8. The summed E-state index contributed by atoms with van der Waals surface area (Å²) in [7, 11) is 0. The lowest BCUT2D eigenvalue weighted by Gasteiger charge is -2.27. The molecule has 0 saturated heterocycles. The molecular formula is C35H57N11O17S. The van der Waals surface area contributed by atoms with E-state index in [4.69, 9.17) is 17.2 Å². The van der Waals surface area contributed by atoms with Crippen LogP contribution in [0.15, 0.2) is 0 Å². The molecule has 0 spiro atoms. The van der Waals surface area contributed by atoms with Gasteiger partial charge in [0.25, 0.3) is 0 Å². The zero-order valence-corrected chi connectivity index (χ0v) is 36.3. The Kier molecular flexibility index (Phi) is 25.2. The van der Waals surface area contributed by atoms with Gasteiger partial charge in [-0.05, 0) is 38.2 Å². The van der Waals surface area contributed by atoms with Gasteiger partial charge in [0.05, 0.1) is 44.4 Å². The number of carbonyl (C=O) groups is 13.